The van der Waals surface area contributed by atoms with Crippen molar-refractivity contribution < 1.29 is 32.6 Å². The molecule has 238 valence electrons. The van der Waals surface area contributed by atoms with Crippen LogP contribution in [-0.2, 0) is 19.6 Å². The van der Waals surface area contributed by atoms with Crippen LogP contribution in [0.4, 0.5) is 11.4 Å². The molecule has 2 rings (SSSR count). The van der Waals surface area contributed by atoms with Gasteiger partial charge in [0.05, 0.1) is 17.0 Å². The number of benzene rings is 2. The van der Waals surface area contributed by atoms with Crippen LogP contribution in [0.5, 0.6) is 5.75 Å². The van der Waals surface area contributed by atoms with Crippen LogP contribution < -0.4 is 14.8 Å². The Morgan fingerprint density at radius 1 is 0.837 bits per heavy atom. The first-order valence-electron chi connectivity index (χ1n) is 14.9. The van der Waals surface area contributed by atoms with Crippen LogP contribution >= 0.6 is 11.6 Å². The van der Waals surface area contributed by atoms with E-state index in [1.54, 1.807) is 32.9 Å². The van der Waals surface area contributed by atoms with E-state index in [1.165, 1.54) is 74.9 Å². The first-order chi connectivity index (χ1) is 20.2. The minimum atomic E-state index is -3.61. The fraction of sp³-hybridized carbons (Fsp3) is 0.531. The average molecular weight is 637 g/mol. The molecule has 11 heteroatoms. The summed E-state index contributed by atoms with van der Waals surface area (Å²) in [6.07, 6.45) is 11.0. The standard InChI is InChI=1S/C32H45ClN2O7S/c1-5-6-7-8-9-10-11-12-13-14-22-43(40,41)35-26-17-15-16-25(23-26)34-30(39)32(33,29(38)31(2,3)4)42-27-20-18-24(19-21-27)28(36)37/h15-21,23,35H,5-14,22H2,1-4H3,(H,34,39)(H,36,37). The second-order valence-corrected chi connectivity index (χ2v) is 14.1. The summed E-state index contributed by atoms with van der Waals surface area (Å²) >= 11 is 6.58. The summed E-state index contributed by atoms with van der Waals surface area (Å²) in [6, 6.07) is 11.2. The highest BCUT2D eigenvalue weighted by Crippen LogP contribution is 2.33. The van der Waals surface area contributed by atoms with E-state index in [9.17, 15) is 22.8 Å². The molecule has 0 aromatic heterocycles. The zero-order valence-electron chi connectivity index (χ0n) is 25.6. The van der Waals surface area contributed by atoms with Crippen LogP contribution in [-0.4, -0.2) is 42.0 Å². The summed E-state index contributed by atoms with van der Waals surface area (Å²) in [5, 5.41) is 9.19. The van der Waals surface area contributed by atoms with Gasteiger partial charge in [-0.3, -0.25) is 14.3 Å². The predicted molar refractivity (Wildman–Crippen MR) is 171 cm³/mol. The lowest BCUT2D eigenvalue weighted by Gasteiger charge is -2.31. The number of unbranched alkanes of at least 4 members (excludes halogenated alkanes) is 9. The summed E-state index contributed by atoms with van der Waals surface area (Å²) in [7, 11) is -3.61. The number of nitrogens with one attached hydrogen (secondary N) is 2. The lowest BCUT2D eigenvalue weighted by molar-refractivity contribution is -0.144. The number of hydrogen-bond acceptors (Lipinski definition) is 6. The third-order valence-electron chi connectivity index (χ3n) is 6.79. The Hall–Kier alpha value is -3.11. The molecule has 0 saturated carbocycles. The second-order valence-electron chi connectivity index (χ2n) is 11.7. The normalized spacial score (nSPS) is 13.1. The van der Waals surface area contributed by atoms with Crippen LogP contribution in [0.3, 0.4) is 0 Å². The number of hydrogen-bond donors (Lipinski definition) is 3. The lowest BCUT2D eigenvalue weighted by atomic mass is 9.86. The number of rotatable bonds is 19. The minimum absolute atomic E-state index is 0.00782. The topological polar surface area (TPSA) is 139 Å². The van der Waals surface area contributed by atoms with E-state index in [0.717, 1.165) is 19.3 Å². The smallest absolute Gasteiger partial charge is 0.335 e. The van der Waals surface area contributed by atoms with Gasteiger partial charge in [0.2, 0.25) is 15.8 Å². The van der Waals surface area contributed by atoms with Crippen molar-refractivity contribution in [3.63, 3.8) is 0 Å². The zero-order valence-corrected chi connectivity index (χ0v) is 27.2. The molecule has 0 saturated heterocycles. The second kappa shape index (κ2) is 16.7. The van der Waals surface area contributed by atoms with Crippen molar-refractivity contribution in [1.29, 1.82) is 0 Å². The van der Waals surface area contributed by atoms with Crippen LogP contribution in [0.1, 0.15) is 102 Å². The lowest BCUT2D eigenvalue weighted by Crippen LogP contribution is -2.54. The first kappa shape index (κ1) is 36.1. The summed E-state index contributed by atoms with van der Waals surface area (Å²) in [5.74, 6) is -2.86. The van der Waals surface area contributed by atoms with Gasteiger partial charge in [0.15, 0.2) is 0 Å². The maximum atomic E-state index is 13.4. The highest BCUT2D eigenvalue weighted by Gasteiger charge is 2.51. The Kier molecular flexibility index (Phi) is 14.0. The molecule has 0 bridgehead atoms. The molecule has 1 atom stereocenters. The molecular formula is C32H45ClN2O7S. The van der Waals surface area contributed by atoms with Gasteiger partial charge < -0.3 is 15.2 Å². The number of carboxylic acids is 1. The number of amides is 1. The molecule has 43 heavy (non-hydrogen) atoms. The van der Waals surface area contributed by atoms with Gasteiger partial charge in [-0.05, 0) is 48.9 Å². The van der Waals surface area contributed by atoms with Gasteiger partial charge in [-0.15, -0.1) is 0 Å². The Balaban J connectivity index is 2.02. The minimum Gasteiger partial charge on any atom is -0.478 e. The van der Waals surface area contributed by atoms with Gasteiger partial charge in [0, 0.05) is 11.1 Å². The van der Waals surface area contributed by atoms with E-state index in [2.05, 4.69) is 17.0 Å². The summed E-state index contributed by atoms with van der Waals surface area (Å²) in [6.45, 7) is 6.95. The van der Waals surface area contributed by atoms with Crippen LogP contribution in [0, 0.1) is 5.41 Å². The van der Waals surface area contributed by atoms with E-state index in [1.807, 2.05) is 0 Å². The third-order valence-corrected chi connectivity index (χ3v) is 8.58. The number of sulfonamides is 1. The van der Waals surface area contributed by atoms with Crippen molar-refractivity contribution in [2.75, 3.05) is 15.8 Å². The number of Topliss-reactive ketones (excluding diaryl/α,β-unsaturated/α-hetero) is 1. The van der Waals surface area contributed by atoms with E-state index in [0.29, 0.717) is 6.42 Å². The van der Waals surface area contributed by atoms with E-state index >= 15 is 0 Å². The number of anilines is 2. The van der Waals surface area contributed by atoms with Crippen molar-refractivity contribution >= 4 is 50.7 Å². The monoisotopic (exact) mass is 636 g/mol. The fourth-order valence-electron chi connectivity index (χ4n) is 4.39. The first-order valence-corrected chi connectivity index (χ1v) is 16.9. The molecule has 1 amide bonds. The van der Waals surface area contributed by atoms with Crippen molar-refractivity contribution in [2.45, 2.75) is 97.0 Å². The molecule has 1 unspecified atom stereocenters. The summed E-state index contributed by atoms with van der Waals surface area (Å²) in [4.78, 5) is 37.8. The number of halogens is 1. The Labute approximate surface area is 260 Å². The Bertz CT molecular complexity index is 1320. The van der Waals surface area contributed by atoms with Gasteiger partial charge in [0.1, 0.15) is 5.75 Å². The molecule has 2 aromatic rings. The number of carboxylic acid groups (broad SMARTS) is 1. The van der Waals surface area contributed by atoms with Gasteiger partial charge in [0.25, 0.3) is 5.91 Å². The molecular weight excluding hydrogens is 592 g/mol. The van der Waals surface area contributed by atoms with Crippen molar-refractivity contribution in [2.24, 2.45) is 5.41 Å². The fourth-order valence-corrected chi connectivity index (χ4v) is 5.98. The maximum Gasteiger partial charge on any atom is 0.335 e. The number of aromatic carboxylic acids is 1. The van der Waals surface area contributed by atoms with Gasteiger partial charge in [-0.2, -0.15) is 0 Å². The highest BCUT2D eigenvalue weighted by molar-refractivity contribution is 7.92. The SMILES string of the molecule is CCCCCCCCCCCCS(=O)(=O)Nc1cccc(NC(=O)C(Cl)(Oc2ccc(C(=O)O)cc2)C(=O)C(C)(C)C)c1. The zero-order chi connectivity index (χ0) is 32.1. The summed E-state index contributed by atoms with van der Waals surface area (Å²) < 4.78 is 33.6. The predicted octanol–water partition coefficient (Wildman–Crippen LogP) is 7.62. The molecule has 0 radical (unpaired) electrons. The van der Waals surface area contributed by atoms with Crippen molar-refractivity contribution in [3.05, 3.63) is 54.1 Å². The van der Waals surface area contributed by atoms with Crippen LogP contribution in [0.25, 0.3) is 0 Å². The van der Waals surface area contributed by atoms with Gasteiger partial charge >= 0.3 is 11.0 Å². The maximum absolute atomic E-state index is 13.4. The molecule has 0 fully saturated rings. The van der Waals surface area contributed by atoms with Gasteiger partial charge in [-0.25, -0.2) is 13.2 Å². The largest absolute Gasteiger partial charge is 0.478 e. The number of ketones is 1. The number of ether oxygens (including phenoxy) is 1. The molecule has 2 aromatic carbocycles. The molecule has 0 heterocycles. The molecule has 9 nitrogen and oxygen atoms in total. The third kappa shape index (κ3) is 12.2. The van der Waals surface area contributed by atoms with Crippen LogP contribution in [0.2, 0.25) is 0 Å². The molecule has 0 aliphatic rings. The highest BCUT2D eigenvalue weighted by atomic mass is 35.5. The van der Waals surface area contributed by atoms with Crippen molar-refractivity contribution in [3.8, 4) is 5.75 Å². The van der Waals surface area contributed by atoms with E-state index < -0.39 is 38.2 Å². The Morgan fingerprint density at radius 3 is 1.91 bits per heavy atom. The molecule has 0 aliphatic heterocycles. The number of alkyl halides is 1. The Morgan fingerprint density at radius 2 is 1.37 bits per heavy atom. The van der Waals surface area contributed by atoms with Gasteiger partial charge in [-0.1, -0.05) is 103 Å². The number of carbonyl (C=O) groups excluding carboxylic acids is 2. The van der Waals surface area contributed by atoms with E-state index in [-0.39, 0.29) is 28.4 Å². The number of carbonyl (C=O) groups is 3. The summed E-state index contributed by atoms with van der Waals surface area (Å²) in [5.41, 5.74) is -0.642. The van der Waals surface area contributed by atoms with Crippen molar-refractivity contribution in [1.82, 2.24) is 0 Å². The van der Waals surface area contributed by atoms with Crippen LogP contribution in [0.15, 0.2) is 48.5 Å². The average Bonchev–Trinajstić information content (AvgIpc) is 2.93. The molecule has 0 spiro atoms. The molecule has 0 aliphatic carbocycles. The molecule has 3 N–H and O–H groups in total. The van der Waals surface area contributed by atoms with E-state index in [4.69, 9.17) is 21.4 Å². The quantitative estimate of drug-likeness (QED) is 0.0819.